The Bertz CT molecular complexity index is 1170. The third kappa shape index (κ3) is 2.74. The van der Waals surface area contributed by atoms with Crippen molar-refractivity contribution < 1.29 is 14.5 Å². The van der Waals surface area contributed by atoms with Gasteiger partial charge < -0.3 is 4.90 Å². The number of hydrogen-bond acceptors (Lipinski definition) is 5. The van der Waals surface area contributed by atoms with Crippen molar-refractivity contribution in [2.45, 2.75) is 19.3 Å². The Labute approximate surface area is 172 Å². The van der Waals surface area contributed by atoms with Crippen LogP contribution in [0.25, 0.3) is 10.8 Å². The zero-order valence-corrected chi connectivity index (χ0v) is 16.2. The van der Waals surface area contributed by atoms with Gasteiger partial charge in [0.2, 0.25) is 0 Å². The molecule has 2 amide bonds. The van der Waals surface area contributed by atoms with Crippen molar-refractivity contribution in [1.29, 1.82) is 0 Å². The summed E-state index contributed by atoms with van der Waals surface area (Å²) in [4.78, 5) is 40.4. The van der Waals surface area contributed by atoms with Gasteiger partial charge in [0.1, 0.15) is 0 Å². The number of benzene rings is 3. The van der Waals surface area contributed by atoms with Crippen LogP contribution in [0.15, 0.2) is 54.6 Å². The van der Waals surface area contributed by atoms with Crippen LogP contribution in [0.1, 0.15) is 40.0 Å². The van der Waals surface area contributed by atoms with Gasteiger partial charge >= 0.3 is 0 Å². The first kappa shape index (κ1) is 18.3. The topological polar surface area (TPSA) is 83.8 Å². The molecule has 0 saturated carbocycles. The van der Waals surface area contributed by atoms with Crippen LogP contribution in [0.2, 0.25) is 0 Å². The largest absolute Gasteiger partial charge is 0.371 e. The second kappa shape index (κ2) is 6.95. The molecule has 0 unspecified atom stereocenters. The van der Waals surface area contributed by atoms with E-state index >= 15 is 0 Å². The van der Waals surface area contributed by atoms with Crippen LogP contribution in [0.5, 0.6) is 0 Å². The smallest absolute Gasteiger partial charge is 0.269 e. The Hall–Kier alpha value is -3.74. The molecule has 3 aromatic rings. The molecule has 0 bridgehead atoms. The van der Waals surface area contributed by atoms with Crippen LogP contribution in [0.4, 0.5) is 17.1 Å². The summed E-state index contributed by atoms with van der Waals surface area (Å²) in [6, 6.07) is 14.8. The van der Waals surface area contributed by atoms with E-state index in [1.165, 1.54) is 30.7 Å². The van der Waals surface area contributed by atoms with Crippen molar-refractivity contribution in [2.24, 2.45) is 0 Å². The first-order chi connectivity index (χ1) is 14.6. The number of amides is 2. The maximum absolute atomic E-state index is 13.3. The standard InChI is InChI=1S/C23H19N3O4/c27-22-18-6-4-5-17-20(24-13-2-1-3-14-24)12-11-19(21(17)18)23(28)25(22)15-7-9-16(10-8-15)26(29)30/h4-12H,1-3,13-14H2. The molecule has 7 nitrogen and oxygen atoms in total. The van der Waals surface area contributed by atoms with E-state index in [1.807, 2.05) is 18.2 Å². The summed E-state index contributed by atoms with van der Waals surface area (Å²) in [5.74, 6) is -0.828. The first-order valence-corrected chi connectivity index (χ1v) is 10.00. The highest BCUT2D eigenvalue weighted by Gasteiger charge is 2.35. The molecule has 0 radical (unpaired) electrons. The van der Waals surface area contributed by atoms with Crippen molar-refractivity contribution in [3.8, 4) is 0 Å². The average molecular weight is 401 g/mol. The lowest BCUT2D eigenvalue weighted by atomic mass is 9.92. The summed E-state index contributed by atoms with van der Waals surface area (Å²) in [5, 5.41) is 12.5. The van der Waals surface area contributed by atoms with Crippen LogP contribution in [0, 0.1) is 10.1 Å². The third-order valence-corrected chi connectivity index (χ3v) is 5.90. The summed E-state index contributed by atoms with van der Waals surface area (Å²) < 4.78 is 0. The molecular weight excluding hydrogens is 382 g/mol. The minimum atomic E-state index is -0.512. The van der Waals surface area contributed by atoms with Crippen molar-refractivity contribution in [3.05, 3.63) is 75.8 Å². The number of piperidine rings is 1. The number of carbonyl (C=O) groups excluding carboxylic acids is 2. The molecule has 2 aliphatic rings. The van der Waals surface area contributed by atoms with Gasteiger partial charge in [0, 0.05) is 52.8 Å². The van der Waals surface area contributed by atoms with Gasteiger partial charge in [0.15, 0.2) is 0 Å². The maximum atomic E-state index is 13.3. The van der Waals surface area contributed by atoms with E-state index in [-0.39, 0.29) is 5.69 Å². The minimum Gasteiger partial charge on any atom is -0.371 e. The molecule has 0 spiro atoms. The molecule has 1 saturated heterocycles. The fourth-order valence-corrected chi connectivity index (χ4v) is 4.45. The predicted octanol–water partition coefficient (Wildman–Crippen LogP) is 4.54. The fourth-order valence-electron chi connectivity index (χ4n) is 4.45. The molecule has 5 rings (SSSR count). The number of imide groups is 1. The minimum absolute atomic E-state index is 0.0932. The van der Waals surface area contributed by atoms with Crippen LogP contribution >= 0.6 is 0 Å². The van der Waals surface area contributed by atoms with Gasteiger partial charge in [-0.2, -0.15) is 0 Å². The molecule has 150 valence electrons. The Morgan fingerprint density at radius 2 is 1.47 bits per heavy atom. The molecule has 0 aromatic heterocycles. The lowest BCUT2D eigenvalue weighted by molar-refractivity contribution is -0.384. The second-order valence-corrected chi connectivity index (χ2v) is 7.63. The molecule has 7 heteroatoms. The second-order valence-electron chi connectivity index (χ2n) is 7.63. The van der Waals surface area contributed by atoms with Crippen LogP contribution in [-0.4, -0.2) is 29.8 Å². The van der Waals surface area contributed by atoms with E-state index in [9.17, 15) is 19.7 Å². The number of non-ortho nitro benzene ring substituents is 1. The summed E-state index contributed by atoms with van der Waals surface area (Å²) in [6.07, 6.45) is 3.49. The Morgan fingerprint density at radius 3 is 2.13 bits per heavy atom. The molecule has 0 atom stereocenters. The Morgan fingerprint density at radius 1 is 0.800 bits per heavy atom. The van der Waals surface area contributed by atoms with E-state index in [1.54, 1.807) is 12.1 Å². The quantitative estimate of drug-likeness (QED) is 0.365. The molecule has 2 heterocycles. The summed E-state index contributed by atoms with van der Waals surface area (Å²) in [7, 11) is 0. The van der Waals surface area contributed by atoms with Crippen LogP contribution in [0.3, 0.4) is 0 Å². The number of nitrogens with zero attached hydrogens (tertiary/aromatic N) is 3. The zero-order chi connectivity index (χ0) is 20.8. The van der Waals surface area contributed by atoms with Crippen molar-refractivity contribution in [1.82, 2.24) is 0 Å². The van der Waals surface area contributed by atoms with E-state index in [0.29, 0.717) is 22.2 Å². The van der Waals surface area contributed by atoms with Gasteiger partial charge in [-0.15, -0.1) is 0 Å². The molecule has 2 aliphatic heterocycles. The maximum Gasteiger partial charge on any atom is 0.269 e. The predicted molar refractivity (Wildman–Crippen MR) is 114 cm³/mol. The van der Waals surface area contributed by atoms with Gasteiger partial charge in [0.25, 0.3) is 17.5 Å². The molecule has 30 heavy (non-hydrogen) atoms. The van der Waals surface area contributed by atoms with E-state index in [2.05, 4.69) is 4.90 Å². The molecule has 0 aliphatic carbocycles. The van der Waals surface area contributed by atoms with E-state index < -0.39 is 16.7 Å². The zero-order valence-electron chi connectivity index (χ0n) is 16.2. The molecule has 0 N–H and O–H groups in total. The van der Waals surface area contributed by atoms with Crippen molar-refractivity contribution in [3.63, 3.8) is 0 Å². The fraction of sp³-hybridized carbons (Fsp3) is 0.217. The summed E-state index contributed by atoms with van der Waals surface area (Å²) in [5.41, 5.74) is 2.22. The number of carbonyl (C=O) groups is 2. The average Bonchev–Trinajstić information content (AvgIpc) is 2.78. The van der Waals surface area contributed by atoms with Crippen molar-refractivity contribution >= 4 is 39.6 Å². The van der Waals surface area contributed by atoms with E-state index in [4.69, 9.17) is 0 Å². The SMILES string of the molecule is O=C1c2cccc3c(N4CCCCC4)ccc(c23)C(=O)N1c1ccc([N+](=O)[O-])cc1. The van der Waals surface area contributed by atoms with Crippen LogP contribution in [-0.2, 0) is 0 Å². The van der Waals surface area contributed by atoms with Gasteiger partial charge in [0.05, 0.1) is 10.6 Å². The van der Waals surface area contributed by atoms with E-state index in [0.717, 1.165) is 41.9 Å². The molecule has 3 aromatic carbocycles. The van der Waals surface area contributed by atoms with Gasteiger partial charge in [-0.05, 0) is 49.6 Å². The Balaban J connectivity index is 1.63. The third-order valence-electron chi connectivity index (χ3n) is 5.90. The highest BCUT2D eigenvalue weighted by molar-refractivity contribution is 6.36. The molecule has 1 fully saturated rings. The number of nitro groups is 1. The first-order valence-electron chi connectivity index (χ1n) is 10.00. The van der Waals surface area contributed by atoms with Gasteiger partial charge in [-0.3, -0.25) is 19.7 Å². The number of rotatable bonds is 3. The lowest BCUT2D eigenvalue weighted by Gasteiger charge is -2.32. The lowest BCUT2D eigenvalue weighted by Crippen LogP contribution is -2.40. The normalized spacial score (nSPS) is 16.3. The number of nitro benzene ring substituents is 1. The van der Waals surface area contributed by atoms with Gasteiger partial charge in [-0.25, -0.2) is 4.90 Å². The highest BCUT2D eigenvalue weighted by Crippen LogP contribution is 2.38. The summed E-state index contributed by atoms with van der Waals surface area (Å²) in [6.45, 7) is 1.94. The Kier molecular flexibility index (Phi) is 4.24. The molecular formula is C23H19N3O4. The number of anilines is 2. The highest BCUT2D eigenvalue weighted by atomic mass is 16.6. The van der Waals surface area contributed by atoms with Crippen molar-refractivity contribution in [2.75, 3.05) is 22.9 Å². The number of hydrogen-bond donors (Lipinski definition) is 0. The summed E-state index contributed by atoms with van der Waals surface area (Å²) >= 11 is 0. The monoisotopic (exact) mass is 401 g/mol. The van der Waals surface area contributed by atoms with Crippen LogP contribution < -0.4 is 9.80 Å². The van der Waals surface area contributed by atoms with Gasteiger partial charge in [-0.1, -0.05) is 12.1 Å².